The maximum absolute atomic E-state index is 12.5. The summed E-state index contributed by atoms with van der Waals surface area (Å²) >= 11 is 5.67. The number of rotatable bonds is 7. The largest absolute Gasteiger partial charge is 0.243 e. The van der Waals surface area contributed by atoms with Gasteiger partial charge >= 0.3 is 0 Å². The first kappa shape index (κ1) is 14.6. The zero-order chi connectivity index (χ0) is 13.9. The van der Waals surface area contributed by atoms with Gasteiger partial charge in [0.05, 0.1) is 4.90 Å². The molecule has 3 nitrogen and oxygen atoms in total. The van der Waals surface area contributed by atoms with Crippen molar-refractivity contribution in [2.24, 2.45) is 0 Å². The number of sulfonamides is 1. The molecule has 0 unspecified atom stereocenters. The summed E-state index contributed by atoms with van der Waals surface area (Å²) in [6.45, 7) is 4.01. The molecule has 0 radical (unpaired) electrons. The lowest BCUT2D eigenvalue weighted by atomic mass is 10.2. The molecule has 0 aliphatic heterocycles. The van der Waals surface area contributed by atoms with Gasteiger partial charge in [0.1, 0.15) is 0 Å². The van der Waals surface area contributed by atoms with Crippen molar-refractivity contribution >= 4 is 21.6 Å². The van der Waals surface area contributed by atoms with Gasteiger partial charge in [-0.15, -0.1) is 18.2 Å². The van der Waals surface area contributed by atoms with Crippen LogP contribution in [0.3, 0.4) is 0 Å². The Labute approximate surface area is 119 Å². The van der Waals surface area contributed by atoms with Gasteiger partial charge in [-0.05, 0) is 37.0 Å². The Morgan fingerprint density at radius 3 is 2.42 bits per heavy atom. The van der Waals surface area contributed by atoms with Crippen LogP contribution in [0.15, 0.2) is 41.8 Å². The SMILES string of the molecule is C=CCN(C1CC1)S(=O)(=O)c1ccc(CCCl)cc1. The topological polar surface area (TPSA) is 37.4 Å². The first-order valence-corrected chi connectivity index (χ1v) is 8.34. The van der Waals surface area contributed by atoms with E-state index in [1.54, 1.807) is 18.2 Å². The minimum absolute atomic E-state index is 0.144. The molecule has 0 N–H and O–H groups in total. The van der Waals surface area contributed by atoms with Crippen LogP contribution < -0.4 is 0 Å². The lowest BCUT2D eigenvalue weighted by molar-refractivity contribution is 0.436. The second-order valence-corrected chi connectivity index (χ2v) is 6.95. The molecule has 19 heavy (non-hydrogen) atoms. The summed E-state index contributed by atoms with van der Waals surface area (Å²) in [5, 5.41) is 0. The molecule has 104 valence electrons. The van der Waals surface area contributed by atoms with E-state index in [1.165, 1.54) is 4.31 Å². The molecule has 1 aromatic rings. The van der Waals surface area contributed by atoms with Crippen LogP contribution in [-0.2, 0) is 16.4 Å². The quantitative estimate of drug-likeness (QED) is 0.573. The van der Waals surface area contributed by atoms with Crippen LogP contribution >= 0.6 is 11.6 Å². The molecule has 0 amide bonds. The number of benzene rings is 1. The summed E-state index contributed by atoms with van der Waals surface area (Å²) in [5.41, 5.74) is 1.05. The van der Waals surface area contributed by atoms with E-state index in [-0.39, 0.29) is 6.04 Å². The number of aryl methyl sites for hydroxylation is 1. The predicted octanol–water partition coefficient (Wildman–Crippen LogP) is 2.81. The molecule has 1 aromatic carbocycles. The van der Waals surface area contributed by atoms with Crippen molar-refractivity contribution in [3.05, 3.63) is 42.5 Å². The zero-order valence-electron chi connectivity index (χ0n) is 10.8. The van der Waals surface area contributed by atoms with Gasteiger partial charge in [-0.1, -0.05) is 18.2 Å². The number of nitrogens with zero attached hydrogens (tertiary/aromatic N) is 1. The van der Waals surface area contributed by atoms with E-state index >= 15 is 0 Å². The Bertz CT molecular complexity index is 535. The van der Waals surface area contributed by atoms with Gasteiger partial charge in [0.15, 0.2) is 0 Å². The third kappa shape index (κ3) is 3.38. The Balaban J connectivity index is 2.24. The fourth-order valence-electron chi connectivity index (χ4n) is 2.01. The van der Waals surface area contributed by atoms with E-state index in [9.17, 15) is 8.42 Å². The summed E-state index contributed by atoms with van der Waals surface area (Å²) in [6, 6.07) is 7.12. The first-order valence-electron chi connectivity index (χ1n) is 6.37. The van der Waals surface area contributed by atoms with E-state index in [1.807, 2.05) is 12.1 Å². The van der Waals surface area contributed by atoms with Crippen molar-refractivity contribution in [3.63, 3.8) is 0 Å². The van der Waals surface area contributed by atoms with Crippen LogP contribution in [-0.4, -0.2) is 31.2 Å². The average molecular weight is 300 g/mol. The number of alkyl halides is 1. The Morgan fingerprint density at radius 2 is 1.95 bits per heavy atom. The van der Waals surface area contributed by atoms with Crippen molar-refractivity contribution in [2.45, 2.75) is 30.2 Å². The molecule has 0 spiro atoms. The van der Waals surface area contributed by atoms with Crippen LogP contribution in [0, 0.1) is 0 Å². The van der Waals surface area contributed by atoms with Gasteiger partial charge in [0.25, 0.3) is 0 Å². The molecule has 0 aromatic heterocycles. The number of hydrogen-bond acceptors (Lipinski definition) is 2. The van der Waals surface area contributed by atoms with Gasteiger partial charge < -0.3 is 0 Å². The van der Waals surface area contributed by atoms with E-state index < -0.39 is 10.0 Å². The third-order valence-electron chi connectivity index (χ3n) is 3.18. The molecule has 1 aliphatic rings. The maximum atomic E-state index is 12.5. The third-order valence-corrected chi connectivity index (χ3v) is 5.30. The predicted molar refractivity (Wildman–Crippen MR) is 78.0 cm³/mol. The normalized spacial score (nSPS) is 15.7. The molecule has 0 saturated heterocycles. The van der Waals surface area contributed by atoms with Crippen molar-refractivity contribution in [2.75, 3.05) is 12.4 Å². The molecule has 1 saturated carbocycles. The molecule has 2 rings (SSSR count). The van der Waals surface area contributed by atoms with Crippen LogP contribution in [0.2, 0.25) is 0 Å². The average Bonchev–Trinajstić information content (AvgIpc) is 3.21. The van der Waals surface area contributed by atoms with Crippen LogP contribution in [0.4, 0.5) is 0 Å². The summed E-state index contributed by atoms with van der Waals surface area (Å²) in [6.07, 6.45) is 4.27. The lowest BCUT2D eigenvalue weighted by Crippen LogP contribution is -2.33. The van der Waals surface area contributed by atoms with Crippen molar-refractivity contribution in [1.82, 2.24) is 4.31 Å². The molecule has 0 atom stereocenters. The Kier molecular flexibility index (Phi) is 4.66. The molecule has 1 aliphatic carbocycles. The minimum atomic E-state index is -3.40. The van der Waals surface area contributed by atoms with E-state index in [0.29, 0.717) is 17.3 Å². The highest BCUT2D eigenvalue weighted by molar-refractivity contribution is 7.89. The van der Waals surface area contributed by atoms with Crippen LogP contribution in [0.1, 0.15) is 18.4 Å². The molecular formula is C14H18ClNO2S. The number of halogens is 1. The molecular weight excluding hydrogens is 282 g/mol. The highest BCUT2D eigenvalue weighted by Gasteiger charge is 2.37. The van der Waals surface area contributed by atoms with Crippen molar-refractivity contribution in [3.8, 4) is 0 Å². The summed E-state index contributed by atoms with van der Waals surface area (Å²) in [5.74, 6) is 0.538. The van der Waals surface area contributed by atoms with Gasteiger partial charge in [-0.25, -0.2) is 8.42 Å². The zero-order valence-corrected chi connectivity index (χ0v) is 12.3. The summed E-state index contributed by atoms with van der Waals surface area (Å²) in [4.78, 5) is 0.347. The summed E-state index contributed by atoms with van der Waals surface area (Å²) < 4.78 is 26.6. The van der Waals surface area contributed by atoms with E-state index in [2.05, 4.69) is 6.58 Å². The highest BCUT2D eigenvalue weighted by Crippen LogP contribution is 2.31. The smallest absolute Gasteiger partial charge is 0.207 e. The summed E-state index contributed by atoms with van der Waals surface area (Å²) in [7, 11) is -3.40. The van der Waals surface area contributed by atoms with Gasteiger partial charge in [0, 0.05) is 18.5 Å². The van der Waals surface area contributed by atoms with E-state index in [4.69, 9.17) is 11.6 Å². The van der Waals surface area contributed by atoms with Crippen molar-refractivity contribution < 1.29 is 8.42 Å². The molecule has 0 bridgehead atoms. The van der Waals surface area contributed by atoms with Gasteiger partial charge in [-0.3, -0.25) is 0 Å². The van der Waals surface area contributed by atoms with Crippen LogP contribution in [0.5, 0.6) is 0 Å². The van der Waals surface area contributed by atoms with Crippen molar-refractivity contribution in [1.29, 1.82) is 0 Å². The van der Waals surface area contributed by atoms with Gasteiger partial charge in [0.2, 0.25) is 10.0 Å². The second kappa shape index (κ2) is 6.07. The van der Waals surface area contributed by atoms with Gasteiger partial charge in [-0.2, -0.15) is 4.31 Å². The maximum Gasteiger partial charge on any atom is 0.243 e. The van der Waals surface area contributed by atoms with E-state index in [0.717, 1.165) is 24.8 Å². The Hall–Kier alpha value is -0.840. The fourth-order valence-corrected chi connectivity index (χ4v) is 3.88. The second-order valence-electron chi connectivity index (χ2n) is 4.68. The Morgan fingerprint density at radius 1 is 1.32 bits per heavy atom. The lowest BCUT2D eigenvalue weighted by Gasteiger charge is -2.20. The fraction of sp³-hybridized carbons (Fsp3) is 0.429. The first-order chi connectivity index (χ1) is 9.09. The molecule has 5 heteroatoms. The molecule has 1 fully saturated rings. The molecule has 0 heterocycles. The monoisotopic (exact) mass is 299 g/mol. The number of hydrogen-bond donors (Lipinski definition) is 0. The standard InChI is InChI=1S/C14H18ClNO2S/c1-2-11-16(13-5-6-13)19(17,18)14-7-3-12(4-8-14)9-10-15/h2-4,7-8,13H,1,5-6,9-11H2. The minimum Gasteiger partial charge on any atom is -0.207 e. The highest BCUT2D eigenvalue weighted by atomic mass is 35.5. The van der Waals surface area contributed by atoms with Crippen LogP contribution in [0.25, 0.3) is 0 Å².